The lowest BCUT2D eigenvalue weighted by Gasteiger charge is -2.12. The summed E-state index contributed by atoms with van der Waals surface area (Å²) in [6, 6.07) is 7.39. The molecule has 1 rings (SSSR count). The Hall–Kier alpha value is -1.59. The maximum absolute atomic E-state index is 11.5. The van der Waals surface area contributed by atoms with E-state index in [0.29, 0.717) is 24.7 Å². The van der Waals surface area contributed by atoms with Gasteiger partial charge in [-0.05, 0) is 19.2 Å². The van der Waals surface area contributed by atoms with Crippen molar-refractivity contribution in [2.45, 2.75) is 6.42 Å². The Morgan fingerprint density at radius 1 is 1.28 bits per heavy atom. The maximum Gasteiger partial charge on any atom is 0.238 e. The highest BCUT2D eigenvalue weighted by Crippen LogP contribution is 2.23. The molecule has 0 bridgehead atoms. The molecule has 0 saturated heterocycles. The molecule has 18 heavy (non-hydrogen) atoms. The van der Waals surface area contributed by atoms with Crippen molar-refractivity contribution in [2.24, 2.45) is 0 Å². The van der Waals surface area contributed by atoms with Crippen molar-refractivity contribution in [3.05, 3.63) is 24.3 Å². The molecule has 5 heteroatoms. The Morgan fingerprint density at radius 2 is 2.06 bits per heavy atom. The summed E-state index contributed by atoms with van der Waals surface area (Å²) in [4.78, 5) is 11.5. The van der Waals surface area contributed by atoms with E-state index in [2.05, 4.69) is 10.6 Å². The maximum atomic E-state index is 11.5. The largest absolute Gasteiger partial charge is 0.491 e. The number of carbonyl (C=O) groups is 1. The summed E-state index contributed by atoms with van der Waals surface area (Å²) in [5.74, 6) is 0.587. The van der Waals surface area contributed by atoms with Crippen molar-refractivity contribution in [3.8, 4) is 5.75 Å². The number of benzene rings is 1. The van der Waals surface area contributed by atoms with E-state index in [1.807, 2.05) is 24.3 Å². The summed E-state index contributed by atoms with van der Waals surface area (Å²) in [5, 5.41) is 5.59. The van der Waals surface area contributed by atoms with Crippen molar-refractivity contribution < 1.29 is 14.3 Å². The minimum absolute atomic E-state index is 0.0922. The molecular weight excluding hydrogens is 232 g/mol. The molecule has 0 atom stereocenters. The van der Waals surface area contributed by atoms with E-state index in [9.17, 15) is 4.79 Å². The molecule has 0 aliphatic heterocycles. The van der Waals surface area contributed by atoms with Gasteiger partial charge in [0.25, 0.3) is 0 Å². The monoisotopic (exact) mass is 252 g/mol. The second kappa shape index (κ2) is 8.49. The molecule has 0 spiro atoms. The first-order chi connectivity index (χ1) is 8.77. The van der Waals surface area contributed by atoms with E-state index in [4.69, 9.17) is 9.47 Å². The van der Waals surface area contributed by atoms with Crippen LogP contribution in [0.3, 0.4) is 0 Å². The molecule has 100 valence electrons. The van der Waals surface area contributed by atoms with Crippen molar-refractivity contribution in [2.75, 3.05) is 39.2 Å². The zero-order valence-corrected chi connectivity index (χ0v) is 10.9. The van der Waals surface area contributed by atoms with E-state index in [1.165, 1.54) is 0 Å². The smallest absolute Gasteiger partial charge is 0.238 e. The normalized spacial score (nSPS) is 10.1. The summed E-state index contributed by atoms with van der Waals surface area (Å²) < 4.78 is 10.6. The van der Waals surface area contributed by atoms with Crippen LogP contribution in [-0.4, -0.2) is 39.8 Å². The van der Waals surface area contributed by atoms with Crippen LogP contribution >= 0.6 is 0 Å². The van der Waals surface area contributed by atoms with Crippen molar-refractivity contribution in [3.63, 3.8) is 0 Å². The zero-order chi connectivity index (χ0) is 13.2. The van der Waals surface area contributed by atoms with Crippen LogP contribution in [0.1, 0.15) is 6.42 Å². The Labute approximate surface area is 107 Å². The number of anilines is 1. The van der Waals surface area contributed by atoms with Crippen molar-refractivity contribution in [1.29, 1.82) is 0 Å². The Morgan fingerprint density at radius 3 is 2.78 bits per heavy atom. The summed E-state index contributed by atoms with van der Waals surface area (Å²) in [5.41, 5.74) is 0.690. The second-order valence-corrected chi connectivity index (χ2v) is 3.77. The number of carbonyl (C=O) groups excluding carboxylic acids is 1. The summed E-state index contributed by atoms with van der Waals surface area (Å²) in [6.45, 7) is 1.50. The number of methoxy groups -OCH3 is 1. The third-order valence-corrected chi connectivity index (χ3v) is 2.25. The molecule has 2 N–H and O–H groups in total. The highest BCUT2D eigenvalue weighted by Gasteiger charge is 2.06. The highest BCUT2D eigenvalue weighted by molar-refractivity contribution is 5.93. The Balaban J connectivity index is 2.53. The number of rotatable bonds is 8. The number of nitrogens with one attached hydrogen (secondary N) is 2. The van der Waals surface area contributed by atoms with E-state index >= 15 is 0 Å². The molecule has 5 nitrogen and oxygen atoms in total. The van der Waals surface area contributed by atoms with E-state index in [1.54, 1.807) is 14.2 Å². The van der Waals surface area contributed by atoms with Crippen LogP contribution in [0, 0.1) is 0 Å². The molecule has 0 unspecified atom stereocenters. The van der Waals surface area contributed by atoms with Crippen LogP contribution in [0.15, 0.2) is 24.3 Å². The SMILES string of the molecule is CNCC(=O)Nc1ccccc1OCCCOC. The molecule has 0 fully saturated rings. The van der Waals surface area contributed by atoms with Gasteiger partial charge in [-0.15, -0.1) is 0 Å². The minimum Gasteiger partial charge on any atom is -0.491 e. The molecule has 0 saturated carbocycles. The Bertz CT molecular complexity index is 369. The van der Waals surface area contributed by atoms with Gasteiger partial charge in [0.15, 0.2) is 0 Å². The van der Waals surface area contributed by atoms with Crippen molar-refractivity contribution >= 4 is 11.6 Å². The number of para-hydroxylation sites is 2. The van der Waals surface area contributed by atoms with E-state index in [-0.39, 0.29) is 12.5 Å². The lowest BCUT2D eigenvalue weighted by molar-refractivity contribution is -0.115. The third kappa shape index (κ3) is 5.16. The number of likely N-dealkylation sites (N-methyl/N-ethyl adjacent to an activating group) is 1. The van der Waals surface area contributed by atoms with E-state index in [0.717, 1.165) is 6.42 Å². The van der Waals surface area contributed by atoms with Gasteiger partial charge in [0, 0.05) is 20.1 Å². The fourth-order valence-corrected chi connectivity index (χ4v) is 1.44. The average Bonchev–Trinajstić information content (AvgIpc) is 2.37. The first kappa shape index (κ1) is 14.5. The van der Waals surface area contributed by atoms with Gasteiger partial charge in [0.05, 0.1) is 18.8 Å². The van der Waals surface area contributed by atoms with Crippen LogP contribution in [0.4, 0.5) is 5.69 Å². The quantitative estimate of drug-likeness (QED) is 0.684. The fraction of sp³-hybridized carbons (Fsp3) is 0.462. The molecule has 0 aliphatic rings. The number of amides is 1. The summed E-state index contributed by atoms with van der Waals surface area (Å²) >= 11 is 0. The predicted molar refractivity (Wildman–Crippen MR) is 71.0 cm³/mol. The highest BCUT2D eigenvalue weighted by atomic mass is 16.5. The molecule has 1 aromatic carbocycles. The number of ether oxygens (including phenoxy) is 2. The third-order valence-electron chi connectivity index (χ3n) is 2.25. The summed E-state index contributed by atoms with van der Waals surface area (Å²) in [7, 11) is 3.39. The zero-order valence-electron chi connectivity index (χ0n) is 10.9. The first-order valence-electron chi connectivity index (χ1n) is 5.93. The van der Waals surface area contributed by atoms with Gasteiger partial charge in [0.2, 0.25) is 5.91 Å². The van der Waals surface area contributed by atoms with Gasteiger partial charge in [-0.2, -0.15) is 0 Å². The average molecular weight is 252 g/mol. The topological polar surface area (TPSA) is 59.6 Å². The van der Waals surface area contributed by atoms with Gasteiger partial charge >= 0.3 is 0 Å². The molecule has 0 aromatic heterocycles. The molecular formula is C13H20N2O3. The first-order valence-corrected chi connectivity index (χ1v) is 5.93. The van der Waals surface area contributed by atoms with Gasteiger partial charge < -0.3 is 20.1 Å². The van der Waals surface area contributed by atoms with Crippen LogP contribution in [0.5, 0.6) is 5.75 Å². The van der Waals surface area contributed by atoms with Crippen molar-refractivity contribution in [1.82, 2.24) is 5.32 Å². The van der Waals surface area contributed by atoms with Gasteiger partial charge in [0.1, 0.15) is 5.75 Å². The second-order valence-electron chi connectivity index (χ2n) is 3.77. The van der Waals surface area contributed by atoms with E-state index < -0.39 is 0 Å². The fourth-order valence-electron chi connectivity index (χ4n) is 1.44. The van der Waals surface area contributed by atoms with Gasteiger partial charge in [-0.1, -0.05) is 12.1 Å². The Kier molecular flexibility index (Phi) is 6.83. The van der Waals surface area contributed by atoms with Crippen LogP contribution in [0.25, 0.3) is 0 Å². The van der Waals surface area contributed by atoms with Crippen LogP contribution in [0.2, 0.25) is 0 Å². The molecule has 1 amide bonds. The molecule has 0 radical (unpaired) electrons. The standard InChI is InChI=1S/C13H20N2O3/c1-14-10-13(16)15-11-6-3-4-7-12(11)18-9-5-8-17-2/h3-4,6-7,14H,5,8-10H2,1-2H3,(H,15,16). The lowest BCUT2D eigenvalue weighted by atomic mass is 10.3. The lowest BCUT2D eigenvalue weighted by Crippen LogP contribution is -2.25. The van der Waals surface area contributed by atoms with Crippen LogP contribution in [-0.2, 0) is 9.53 Å². The molecule has 0 aliphatic carbocycles. The minimum atomic E-state index is -0.0922. The summed E-state index contributed by atoms with van der Waals surface area (Å²) in [6.07, 6.45) is 0.815. The predicted octanol–water partition coefficient (Wildman–Crippen LogP) is 1.26. The number of hydrogen-bond acceptors (Lipinski definition) is 4. The van der Waals surface area contributed by atoms with Gasteiger partial charge in [-0.3, -0.25) is 4.79 Å². The van der Waals surface area contributed by atoms with Gasteiger partial charge in [-0.25, -0.2) is 0 Å². The number of hydrogen-bond donors (Lipinski definition) is 2. The molecule has 1 aromatic rings. The molecule has 0 heterocycles. The van der Waals surface area contributed by atoms with Crippen LogP contribution < -0.4 is 15.4 Å².